The van der Waals surface area contributed by atoms with E-state index in [1.165, 1.54) is 6.08 Å². The second-order valence-electron chi connectivity index (χ2n) is 5.62. The van der Waals surface area contributed by atoms with E-state index in [0.29, 0.717) is 28.7 Å². The molecule has 0 bridgehead atoms. The summed E-state index contributed by atoms with van der Waals surface area (Å²) in [5.41, 5.74) is 1.65. The average molecular weight is 356 g/mol. The lowest BCUT2D eigenvalue weighted by Gasteiger charge is -2.12. The molecule has 3 rings (SSSR count). The zero-order valence-electron chi connectivity index (χ0n) is 14.9. The van der Waals surface area contributed by atoms with E-state index < -0.39 is 0 Å². The summed E-state index contributed by atoms with van der Waals surface area (Å²) in [7, 11) is 4.65. The number of rotatable bonds is 7. The van der Waals surface area contributed by atoms with Crippen LogP contribution in [0.4, 0.5) is 0 Å². The normalized spacial score (nSPS) is 12.3. The number of methoxy groups -OCH3 is 3. The van der Waals surface area contributed by atoms with Crippen LogP contribution in [-0.4, -0.2) is 33.9 Å². The van der Waals surface area contributed by atoms with Crippen LogP contribution in [0.3, 0.4) is 0 Å². The molecule has 6 heteroatoms. The van der Waals surface area contributed by atoms with Crippen molar-refractivity contribution in [3.8, 4) is 28.7 Å². The van der Waals surface area contributed by atoms with Gasteiger partial charge in [0.1, 0.15) is 0 Å². The van der Waals surface area contributed by atoms with Crippen molar-refractivity contribution in [2.24, 2.45) is 0 Å². The van der Waals surface area contributed by atoms with Crippen molar-refractivity contribution in [1.29, 1.82) is 0 Å². The third-order valence-corrected chi connectivity index (χ3v) is 3.96. The molecule has 2 aromatic rings. The largest absolute Gasteiger partial charge is 0.493 e. The van der Waals surface area contributed by atoms with Crippen molar-refractivity contribution in [2.45, 2.75) is 6.42 Å². The molecule has 0 N–H and O–H groups in total. The van der Waals surface area contributed by atoms with E-state index in [2.05, 4.69) is 0 Å². The summed E-state index contributed by atoms with van der Waals surface area (Å²) in [6, 6.07) is 9.07. The average Bonchev–Trinajstić information content (AvgIpc) is 3.13. The maximum Gasteiger partial charge on any atom is 0.231 e. The number of allylic oxidation sites excluding steroid dienone is 1. The first-order chi connectivity index (χ1) is 12.6. The van der Waals surface area contributed by atoms with Crippen molar-refractivity contribution < 1.29 is 28.5 Å². The Balaban J connectivity index is 1.73. The second kappa shape index (κ2) is 7.82. The Kier molecular flexibility index (Phi) is 5.31. The minimum atomic E-state index is -0.0300. The number of hydrogen-bond donors (Lipinski definition) is 0. The van der Waals surface area contributed by atoms with Crippen molar-refractivity contribution in [2.75, 3.05) is 28.1 Å². The highest BCUT2D eigenvalue weighted by Crippen LogP contribution is 2.38. The van der Waals surface area contributed by atoms with Gasteiger partial charge in [-0.05, 0) is 41.5 Å². The Morgan fingerprint density at radius 2 is 1.69 bits per heavy atom. The van der Waals surface area contributed by atoms with Crippen LogP contribution in [0.15, 0.2) is 36.4 Å². The first-order valence-electron chi connectivity index (χ1n) is 8.04. The Labute approximate surface area is 151 Å². The zero-order chi connectivity index (χ0) is 18.5. The minimum absolute atomic E-state index is 0.0300. The van der Waals surface area contributed by atoms with Gasteiger partial charge in [-0.3, -0.25) is 4.79 Å². The van der Waals surface area contributed by atoms with Gasteiger partial charge in [-0.25, -0.2) is 0 Å². The topological polar surface area (TPSA) is 63.2 Å². The lowest BCUT2D eigenvalue weighted by molar-refractivity contribution is -0.113. The van der Waals surface area contributed by atoms with E-state index >= 15 is 0 Å². The number of ether oxygens (including phenoxy) is 5. The Morgan fingerprint density at radius 3 is 2.35 bits per heavy atom. The van der Waals surface area contributed by atoms with E-state index in [1.807, 2.05) is 18.2 Å². The number of ketones is 1. The summed E-state index contributed by atoms with van der Waals surface area (Å²) in [4.78, 5) is 12.3. The molecule has 0 fully saturated rings. The molecule has 0 amide bonds. The standard InChI is InChI=1S/C20H20O6/c1-22-18-10-14(11-19(23-2)20(18)24-3)4-6-15(21)8-13-5-7-16-17(9-13)26-12-25-16/h4-7,9-11H,8,12H2,1-3H3. The quantitative estimate of drug-likeness (QED) is 0.710. The van der Waals surface area contributed by atoms with Crippen molar-refractivity contribution in [3.05, 3.63) is 47.5 Å². The van der Waals surface area contributed by atoms with E-state index in [9.17, 15) is 4.79 Å². The van der Waals surface area contributed by atoms with Gasteiger partial charge < -0.3 is 23.7 Å². The molecule has 0 spiro atoms. The Hall–Kier alpha value is -3.15. The molecule has 0 saturated carbocycles. The molecule has 136 valence electrons. The smallest absolute Gasteiger partial charge is 0.231 e. The van der Waals surface area contributed by atoms with Gasteiger partial charge in [-0.2, -0.15) is 0 Å². The van der Waals surface area contributed by atoms with E-state index in [1.54, 1.807) is 39.5 Å². The molecule has 2 aromatic carbocycles. The molecule has 0 unspecified atom stereocenters. The van der Waals surface area contributed by atoms with Crippen LogP contribution in [0, 0.1) is 0 Å². The fourth-order valence-corrected chi connectivity index (χ4v) is 2.70. The highest BCUT2D eigenvalue weighted by atomic mass is 16.7. The van der Waals surface area contributed by atoms with Crippen LogP contribution in [-0.2, 0) is 11.2 Å². The second-order valence-corrected chi connectivity index (χ2v) is 5.62. The van der Waals surface area contributed by atoms with Crippen molar-refractivity contribution in [3.63, 3.8) is 0 Å². The summed E-state index contributed by atoms with van der Waals surface area (Å²) in [5, 5.41) is 0. The lowest BCUT2D eigenvalue weighted by Crippen LogP contribution is -1.99. The maximum absolute atomic E-state index is 12.3. The fraction of sp³-hybridized carbons (Fsp3) is 0.250. The number of hydrogen-bond acceptors (Lipinski definition) is 6. The van der Waals surface area contributed by atoms with E-state index in [0.717, 1.165) is 11.1 Å². The molecule has 6 nitrogen and oxygen atoms in total. The highest BCUT2D eigenvalue weighted by molar-refractivity contribution is 5.95. The number of carbonyl (C=O) groups excluding carboxylic acids is 1. The fourth-order valence-electron chi connectivity index (χ4n) is 2.70. The SMILES string of the molecule is COc1cc(C=CC(=O)Cc2ccc3c(c2)OCO3)cc(OC)c1OC. The third kappa shape index (κ3) is 3.74. The van der Waals surface area contributed by atoms with Gasteiger partial charge in [0.2, 0.25) is 12.5 Å². The molecular weight excluding hydrogens is 336 g/mol. The summed E-state index contributed by atoms with van der Waals surface area (Å²) in [6.45, 7) is 0.216. The summed E-state index contributed by atoms with van der Waals surface area (Å²) < 4.78 is 26.5. The molecule has 0 aromatic heterocycles. The van der Waals surface area contributed by atoms with Crippen LogP contribution in [0.25, 0.3) is 6.08 Å². The highest BCUT2D eigenvalue weighted by Gasteiger charge is 2.14. The van der Waals surface area contributed by atoms with Crippen LogP contribution >= 0.6 is 0 Å². The molecule has 0 saturated heterocycles. The molecule has 0 radical (unpaired) electrons. The monoisotopic (exact) mass is 356 g/mol. The van der Waals surface area contributed by atoms with E-state index in [-0.39, 0.29) is 19.0 Å². The molecule has 0 atom stereocenters. The summed E-state index contributed by atoms with van der Waals surface area (Å²) in [6.07, 6.45) is 3.53. The van der Waals surface area contributed by atoms with Gasteiger partial charge in [-0.15, -0.1) is 0 Å². The van der Waals surface area contributed by atoms with Crippen LogP contribution < -0.4 is 23.7 Å². The summed E-state index contributed by atoms with van der Waals surface area (Å²) in [5.74, 6) is 2.93. The Morgan fingerprint density at radius 1 is 1.00 bits per heavy atom. The predicted molar refractivity (Wildman–Crippen MR) is 96.4 cm³/mol. The lowest BCUT2D eigenvalue weighted by atomic mass is 10.1. The number of carbonyl (C=O) groups is 1. The first-order valence-corrected chi connectivity index (χ1v) is 8.04. The number of benzene rings is 2. The molecule has 0 aliphatic carbocycles. The van der Waals surface area contributed by atoms with Gasteiger partial charge in [-0.1, -0.05) is 12.1 Å². The van der Waals surface area contributed by atoms with Crippen LogP contribution in [0.5, 0.6) is 28.7 Å². The van der Waals surface area contributed by atoms with Crippen molar-refractivity contribution in [1.82, 2.24) is 0 Å². The maximum atomic E-state index is 12.3. The van der Waals surface area contributed by atoms with Crippen LogP contribution in [0.1, 0.15) is 11.1 Å². The van der Waals surface area contributed by atoms with Crippen molar-refractivity contribution >= 4 is 11.9 Å². The van der Waals surface area contributed by atoms with Crippen LogP contribution in [0.2, 0.25) is 0 Å². The zero-order valence-corrected chi connectivity index (χ0v) is 14.9. The molecule has 1 aliphatic rings. The molecule has 1 heterocycles. The van der Waals surface area contributed by atoms with E-state index in [4.69, 9.17) is 23.7 Å². The molecule has 1 aliphatic heterocycles. The molecule has 26 heavy (non-hydrogen) atoms. The Bertz CT molecular complexity index is 815. The summed E-state index contributed by atoms with van der Waals surface area (Å²) >= 11 is 0. The predicted octanol–water partition coefficient (Wildman–Crippen LogP) is 3.27. The van der Waals surface area contributed by atoms with Gasteiger partial charge >= 0.3 is 0 Å². The number of fused-ring (bicyclic) bond motifs is 1. The van der Waals surface area contributed by atoms with Gasteiger partial charge in [0, 0.05) is 6.42 Å². The van der Waals surface area contributed by atoms with Gasteiger partial charge in [0.15, 0.2) is 28.8 Å². The third-order valence-electron chi connectivity index (χ3n) is 3.96. The van der Waals surface area contributed by atoms with Gasteiger partial charge in [0.05, 0.1) is 21.3 Å². The minimum Gasteiger partial charge on any atom is -0.493 e. The van der Waals surface area contributed by atoms with Gasteiger partial charge in [0.25, 0.3) is 0 Å². The molecular formula is C20H20O6. The first kappa shape index (κ1) is 17.7.